The van der Waals surface area contributed by atoms with Crippen molar-refractivity contribution in [3.05, 3.63) is 47.1 Å². The van der Waals surface area contributed by atoms with Crippen LogP contribution in [-0.4, -0.2) is 46.1 Å². The third-order valence-electron chi connectivity index (χ3n) is 4.66. The van der Waals surface area contributed by atoms with Crippen molar-refractivity contribution in [2.45, 2.75) is 19.3 Å². The fraction of sp³-hybridized carbons (Fsp3) is 0.368. The van der Waals surface area contributed by atoms with Gasteiger partial charge >= 0.3 is 5.69 Å². The molecule has 6 nitrogen and oxygen atoms in total. The van der Waals surface area contributed by atoms with E-state index in [0.29, 0.717) is 6.61 Å². The molecule has 130 valence electrons. The van der Waals surface area contributed by atoms with Crippen molar-refractivity contribution >= 4 is 11.0 Å². The molecule has 1 saturated heterocycles. The lowest BCUT2D eigenvalue weighted by Gasteiger charge is -2.14. The van der Waals surface area contributed by atoms with Crippen LogP contribution in [0.2, 0.25) is 0 Å². The van der Waals surface area contributed by atoms with Gasteiger partial charge in [0.2, 0.25) is 0 Å². The van der Waals surface area contributed by atoms with E-state index in [1.165, 1.54) is 25.9 Å². The Hall–Kier alpha value is -2.60. The molecule has 0 atom stereocenters. The van der Waals surface area contributed by atoms with Gasteiger partial charge in [-0.05, 0) is 44.5 Å². The van der Waals surface area contributed by atoms with E-state index >= 15 is 0 Å². The van der Waals surface area contributed by atoms with Gasteiger partial charge in [0.15, 0.2) is 0 Å². The smallest absolute Gasteiger partial charge is 0.323 e. The first kappa shape index (κ1) is 15.9. The number of hydrogen-bond acceptors (Lipinski definition) is 4. The van der Waals surface area contributed by atoms with Gasteiger partial charge in [-0.25, -0.2) is 4.79 Å². The SMILES string of the molecule is O=c1[nH]c2cccc(-c3cncc(OCCCN4CCCC4)c3)c2[nH]1. The number of para-hydroxylation sites is 1. The fourth-order valence-electron chi connectivity index (χ4n) is 3.43. The minimum atomic E-state index is -0.204. The Labute approximate surface area is 145 Å². The zero-order valence-electron chi connectivity index (χ0n) is 14.1. The molecule has 0 spiro atoms. The molecule has 0 radical (unpaired) electrons. The molecule has 1 aromatic carbocycles. The minimum absolute atomic E-state index is 0.204. The predicted molar refractivity (Wildman–Crippen MR) is 97.9 cm³/mol. The Kier molecular flexibility index (Phi) is 4.52. The second-order valence-electron chi connectivity index (χ2n) is 6.47. The summed E-state index contributed by atoms with van der Waals surface area (Å²) < 4.78 is 5.88. The topological polar surface area (TPSA) is 74.0 Å². The molecular weight excluding hydrogens is 316 g/mol. The number of nitrogens with zero attached hydrogens (tertiary/aromatic N) is 2. The first-order chi connectivity index (χ1) is 12.3. The third kappa shape index (κ3) is 3.58. The van der Waals surface area contributed by atoms with E-state index < -0.39 is 0 Å². The summed E-state index contributed by atoms with van der Waals surface area (Å²) in [5, 5.41) is 0. The molecule has 2 N–H and O–H groups in total. The van der Waals surface area contributed by atoms with Crippen LogP contribution < -0.4 is 10.4 Å². The number of pyridine rings is 1. The minimum Gasteiger partial charge on any atom is -0.492 e. The van der Waals surface area contributed by atoms with Gasteiger partial charge in [0, 0.05) is 23.9 Å². The van der Waals surface area contributed by atoms with Crippen LogP contribution in [0, 0.1) is 0 Å². The van der Waals surface area contributed by atoms with Crippen LogP contribution in [0.25, 0.3) is 22.2 Å². The lowest BCUT2D eigenvalue weighted by Crippen LogP contribution is -2.21. The van der Waals surface area contributed by atoms with Crippen LogP contribution in [0.5, 0.6) is 5.75 Å². The Morgan fingerprint density at radius 3 is 2.92 bits per heavy atom. The Morgan fingerprint density at radius 2 is 2.04 bits per heavy atom. The van der Waals surface area contributed by atoms with E-state index in [2.05, 4.69) is 19.9 Å². The number of imidazole rings is 1. The molecule has 0 unspecified atom stereocenters. The average molecular weight is 338 g/mol. The van der Waals surface area contributed by atoms with E-state index in [4.69, 9.17) is 4.74 Å². The first-order valence-electron chi connectivity index (χ1n) is 8.81. The normalized spacial score (nSPS) is 15.0. The van der Waals surface area contributed by atoms with Gasteiger partial charge in [-0.3, -0.25) is 4.98 Å². The Bertz CT molecular complexity index is 909. The molecule has 0 bridgehead atoms. The van der Waals surface area contributed by atoms with Gasteiger partial charge in [-0.1, -0.05) is 12.1 Å². The molecule has 0 amide bonds. The highest BCUT2D eigenvalue weighted by Crippen LogP contribution is 2.27. The second kappa shape index (κ2) is 7.11. The highest BCUT2D eigenvalue weighted by molar-refractivity contribution is 5.91. The van der Waals surface area contributed by atoms with Crippen molar-refractivity contribution in [2.75, 3.05) is 26.2 Å². The summed E-state index contributed by atoms with van der Waals surface area (Å²) in [5.74, 6) is 0.758. The fourth-order valence-corrected chi connectivity index (χ4v) is 3.43. The number of hydrogen-bond donors (Lipinski definition) is 2. The van der Waals surface area contributed by atoms with Crippen molar-refractivity contribution in [3.63, 3.8) is 0 Å². The zero-order valence-corrected chi connectivity index (χ0v) is 14.1. The summed E-state index contributed by atoms with van der Waals surface area (Å²) in [6.45, 7) is 4.22. The molecule has 2 aromatic heterocycles. The number of aromatic amines is 2. The number of ether oxygens (including phenoxy) is 1. The van der Waals surface area contributed by atoms with E-state index in [1.54, 1.807) is 12.4 Å². The molecule has 3 aromatic rings. The number of likely N-dealkylation sites (tertiary alicyclic amines) is 1. The summed E-state index contributed by atoms with van der Waals surface area (Å²) >= 11 is 0. The maximum Gasteiger partial charge on any atom is 0.323 e. The number of H-pyrrole nitrogens is 2. The van der Waals surface area contributed by atoms with Crippen molar-refractivity contribution in [3.8, 4) is 16.9 Å². The molecular formula is C19H22N4O2. The number of benzene rings is 1. The van der Waals surface area contributed by atoms with E-state index in [0.717, 1.165) is 40.9 Å². The van der Waals surface area contributed by atoms with Crippen LogP contribution in [0.3, 0.4) is 0 Å². The van der Waals surface area contributed by atoms with Crippen LogP contribution in [0.4, 0.5) is 0 Å². The quantitative estimate of drug-likeness (QED) is 0.678. The van der Waals surface area contributed by atoms with E-state index in [1.807, 2.05) is 24.3 Å². The molecule has 25 heavy (non-hydrogen) atoms. The van der Waals surface area contributed by atoms with Gasteiger partial charge in [-0.15, -0.1) is 0 Å². The average Bonchev–Trinajstić information content (AvgIpc) is 3.27. The lowest BCUT2D eigenvalue weighted by molar-refractivity contribution is 0.263. The van der Waals surface area contributed by atoms with E-state index in [9.17, 15) is 4.79 Å². The number of fused-ring (bicyclic) bond motifs is 1. The van der Waals surface area contributed by atoms with Crippen molar-refractivity contribution in [1.29, 1.82) is 0 Å². The highest BCUT2D eigenvalue weighted by Gasteiger charge is 2.11. The number of rotatable bonds is 6. The van der Waals surface area contributed by atoms with Gasteiger partial charge in [-0.2, -0.15) is 0 Å². The molecule has 1 aliphatic heterocycles. The van der Waals surface area contributed by atoms with E-state index in [-0.39, 0.29) is 5.69 Å². The summed E-state index contributed by atoms with van der Waals surface area (Å²) in [4.78, 5) is 24.0. The van der Waals surface area contributed by atoms with Crippen molar-refractivity contribution < 1.29 is 4.74 Å². The van der Waals surface area contributed by atoms with Crippen LogP contribution in [0.15, 0.2) is 41.5 Å². The zero-order chi connectivity index (χ0) is 17.1. The number of aromatic nitrogens is 3. The standard InChI is InChI=1S/C19H22N4O2/c24-19-21-17-6-3-5-16(18(17)22-19)14-11-15(13-20-12-14)25-10-4-9-23-7-1-2-8-23/h3,5-6,11-13H,1-2,4,7-10H2,(H2,21,22,24). The van der Waals surface area contributed by atoms with Gasteiger partial charge in [0.05, 0.1) is 23.8 Å². The maximum atomic E-state index is 11.6. The molecule has 0 saturated carbocycles. The van der Waals surface area contributed by atoms with Crippen LogP contribution >= 0.6 is 0 Å². The predicted octanol–water partition coefficient (Wildman–Crippen LogP) is 2.78. The molecule has 4 rings (SSSR count). The largest absolute Gasteiger partial charge is 0.492 e. The highest BCUT2D eigenvalue weighted by atomic mass is 16.5. The lowest BCUT2D eigenvalue weighted by atomic mass is 10.1. The van der Waals surface area contributed by atoms with Crippen LogP contribution in [0.1, 0.15) is 19.3 Å². The monoisotopic (exact) mass is 338 g/mol. The third-order valence-corrected chi connectivity index (χ3v) is 4.66. The van der Waals surface area contributed by atoms with Gasteiger partial charge < -0.3 is 19.6 Å². The molecule has 0 aliphatic carbocycles. The Balaban J connectivity index is 1.46. The summed E-state index contributed by atoms with van der Waals surface area (Å²) in [6, 6.07) is 7.75. The number of nitrogens with one attached hydrogen (secondary N) is 2. The Morgan fingerprint density at radius 1 is 1.16 bits per heavy atom. The van der Waals surface area contributed by atoms with Gasteiger partial charge in [0.1, 0.15) is 5.75 Å². The summed E-state index contributed by atoms with van der Waals surface area (Å²) in [7, 11) is 0. The second-order valence-corrected chi connectivity index (χ2v) is 6.47. The summed E-state index contributed by atoms with van der Waals surface area (Å²) in [5.41, 5.74) is 3.24. The molecule has 3 heterocycles. The van der Waals surface area contributed by atoms with Gasteiger partial charge in [0.25, 0.3) is 0 Å². The molecule has 1 fully saturated rings. The molecule has 1 aliphatic rings. The van der Waals surface area contributed by atoms with Crippen molar-refractivity contribution in [2.24, 2.45) is 0 Å². The van der Waals surface area contributed by atoms with Crippen LogP contribution in [-0.2, 0) is 0 Å². The van der Waals surface area contributed by atoms with Crippen molar-refractivity contribution in [1.82, 2.24) is 19.9 Å². The molecule has 6 heteroatoms. The first-order valence-corrected chi connectivity index (χ1v) is 8.81. The summed E-state index contributed by atoms with van der Waals surface area (Å²) in [6.07, 6.45) is 7.18. The maximum absolute atomic E-state index is 11.6.